The average Bonchev–Trinajstić information content (AvgIpc) is 3.04. The van der Waals surface area contributed by atoms with E-state index in [-0.39, 0.29) is 6.10 Å². The molecule has 0 aromatic heterocycles. The van der Waals surface area contributed by atoms with Crippen molar-refractivity contribution in [1.29, 1.82) is 5.26 Å². The standard InChI is InChI=1S/C15H18N4OS/c1-11(13-6-4-12(9-16)5-7-13)18-19-15(21)17-10-14-3-2-8-20-14/h4-7,14H,2-3,8,10H2,1H3,(H2,17,19,21). The number of nitrogens with one attached hydrogen (secondary N) is 2. The van der Waals surface area contributed by atoms with Gasteiger partial charge in [0.05, 0.1) is 23.4 Å². The summed E-state index contributed by atoms with van der Waals surface area (Å²) < 4.78 is 5.51. The van der Waals surface area contributed by atoms with Gasteiger partial charge < -0.3 is 10.1 Å². The van der Waals surface area contributed by atoms with Crippen molar-refractivity contribution in [3.8, 4) is 6.07 Å². The Morgan fingerprint density at radius 1 is 1.48 bits per heavy atom. The van der Waals surface area contributed by atoms with Crippen LogP contribution in [0.4, 0.5) is 0 Å². The van der Waals surface area contributed by atoms with Crippen molar-refractivity contribution in [3.63, 3.8) is 0 Å². The average molecular weight is 302 g/mol. The molecule has 1 unspecified atom stereocenters. The van der Waals surface area contributed by atoms with Crippen LogP contribution in [0.3, 0.4) is 0 Å². The molecule has 110 valence electrons. The largest absolute Gasteiger partial charge is 0.376 e. The number of nitriles is 1. The van der Waals surface area contributed by atoms with E-state index in [1.807, 2.05) is 19.1 Å². The van der Waals surface area contributed by atoms with Crippen LogP contribution in [-0.2, 0) is 4.74 Å². The van der Waals surface area contributed by atoms with Crippen LogP contribution in [0, 0.1) is 11.3 Å². The summed E-state index contributed by atoms with van der Waals surface area (Å²) in [6.07, 6.45) is 2.43. The van der Waals surface area contributed by atoms with Crippen molar-refractivity contribution in [2.45, 2.75) is 25.9 Å². The first-order valence-corrected chi connectivity index (χ1v) is 7.30. The SMILES string of the molecule is CC(=NNC(=S)NCC1CCCO1)c1ccc(C#N)cc1. The number of thiocarbonyl (C=S) groups is 1. The quantitative estimate of drug-likeness (QED) is 0.505. The summed E-state index contributed by atoms with van der Waals surface area (Å²) >= 11 is 5.17. The van der Waals surface area contributed by atoms with Crippen LogP contribution in [0.5, 0.6) is 0 Å². The molecule has 5 nitrogen and oxygen atoms in total. The van der Waals surface area contributed by atoms with Gasteiger partial charge in [-0.2, -0.15) is 10.4 Å². The minimum absolute atomic E-state index is 0.244. The minimum Gasteiger partial charge on any atom is -0.376 e. The number of hydrogen-bond donors (Lipinski definition) is 2. The van der Waals surface area contributed by atoms with Crippen LogP contribution >= 0.6 is 12.2 Å². The molecule has 1 atom stereocenters. The number of benzene rings is 1. The fraction of sp³-hybridized carbons (Fsp3) is 0.400. The van der Waals surface area contributed by atoms with E-state index in [0.29, 0.717) is 17.2 Å². The molecule has 1 saturated heterocycles. The summed E-state index contributed by atoms with van der Waals surface area (Å²) in [5.41, 5.74) is 5.21. The topological polar surface area (TPSA) is 69.4 Å². The molecule has 1 aliphatic heterocycles. The van der Waals surface area contributed by atoms with Crippen LogP contribution in [0.25, 0.3) is 0 Å². The molecule has 0 bridgehead atoms. The first-order chi connectivity index (χ1) is 10.2. The number of nitrogens with zero attached hydrogens (tertiary/aromatic N) is 2. The lowest BCUT2D eigenvalue weighted by Crippen LogP contribution is -2.37. The van der Waals surface area contributed by atoms with Crippen molar-refractivity contribution in [3.05, 3.63) is 35.4 Å². The summed E-state index contributed by atoms with van der Waals surface area (Å²) in [5.74, 6) is 0. The van der Waals surface area contributed by atoms with Crippen molar-refractivity contribution in [2.75, 3.05) is 13.2 Å². The highest BCUT2D eigenvalue weighted by Crippen LogP contribution is 2.10. The lowest BCUT2D eigenvalue weighted by molar-refractivity contribution is 0.114. The Labute approximate surface area is 130 Å². The van der Waals surface area contributed by atoms with Crippen molar-refractivity contribution >= 4 is 23.0 Å². The minimum atomic E-state index is 0.244. The monoisotopic (exact) mass is 302 g/mol. The molecule has 1 aliphatic rings. The van der Waals surface area contributed by atoms with Gasteiger partial charge in [0.25, 0.3) is 0 Å². The van der Waals surface area contributed by atoms with Crippen LogP contribution < -0.4 is 10.7 Å². The van der Waals surface area contributed by atoms with Gasteiger partial charge >= 0.3 is 0 Å². The molecule has 0 aliphatic carbocycles. The Kier molecular flexibility index (Phi) is 5.67. The molecule has 1 aromatic rings. The van der Waals surface area contributed by atoms with E-state index in [1.165, 1.54) is 0 Å². The van der Waals surface area contributed by atoms with E-state index in [9.17, 15) is 0 Å². The molecule has 0 radical (unpaired) electrons. The maximum Gasteiger partial charge on any atom is 0.187 e. The summed E-state index contributed by atoms with van der Waals surface area (Å²) in [5, 5.41) is 16.6. The second-order valence-corrected chi connectivity index (χ2v) is 5.25. The van der Waals surface area contributed by atoms with E-state index < -0.39 is 0 Å². The van der Waals surface area contributed by atoms with Gasteiger partial charge in [0, 0.05) is 13.2 Å². The highest BCUT2D eigenvalue weighted by Gasteiger charge is 2.15. The molecule has 2 rings (SSSR count). The normalized spacial score (nSPS) is 18.1. The summed E-state index contributed by atoms with van der Waals surface area (Å²) in [6.45, 7) is 3.43. The van der Waals surface area contributed by atoms with Gasteiger partial charge in [-0.1, -0.05) is 12.1 Å². The second kappa shape index (κ2) is 7.72. The Balaban J connectivity index is 1.81. The number of ether oxygens (including phenoxy) is 1. The molecule has 0 amide bonds. The maximum atomic E-state index is 8.76. The predicted octanol–water partition coefficient (Wildman–Crippen LogP) is 1.93. The number of hydrazone groups is 1. The van der Waals surface area contributed by atoms with E-state index in [2.05, 4.69) is 21.9 Å². The first-order valence-electron chi connectivity index (χ1n) is 6.89. The number of hydrogen-bond acceptors (Lipinski definition) is 4. The molecular weight excluding hydrogens is 284 g/mol. The summed E-state index contributed by atoms with van der Waals surface area (Å²) in [6, 6.07) is 9.35. The van der Waals surface area contributed by atoms with E-state index in [4.69, 9.17) is 22.2 Å². The zero-order valence-corrected chi connectivity index (χ0v) is 12.7. The Morgan fingerprint density at radius 2 is 2.24 bits per heavy atom. The second-order valence-electron chi connectivity index (χ2n) is 4.84. The van der Waals surface area contributed by atoms with Gasteiger partial charge in [0.1, 0.15) is 0 Å². The zero-order chi connectivity index (χ0) is 15.1. The fourth-order valence-electron chi connectivity index (χ4n) is 2.04. The molecule has 21 heavy (non-hydrogen) atoms. The van der Waals surface area contributed by atoms with Gasteiger partial charge in [-0.15, -0.1) is 0 Å². The lowest BCUT2D eigenvalue weighted by atomic mass is 10.1. The molecular formula is C15H18N4OS. The van der Waals surface area contributed by atoms with Crippen molar-refractivity contribution < 1.29 is 4.74 Å². The van der Waals surface area contributed by atoms with E-state index in [0.717, 1.165) is 30.7 Å². The van der Waals surface area contributed by atoms with Gasteiger partial charge in [-0.25, -0.2) is 0 Å². The molecule has 2 N–H and O–H groups in total. The third-order valence-electron chi connectivity index (χ3n) is 3.27. The van der Waals surface area contributed by atoms with Gasteiger partial charge in [-0.05, 0) is 49.7 Å². The Hall–Kier alpha value is -1.97. The highest BCUT2D eigenvalue weighted by molar-refractivity contribution is 7.80. The maximum absolute atomic E-state index is 8.76. The lowest BCUT2D eigenvalue weighted by Gasteiger charge is -2.12. The van der Waals surface area contributed by atoms with E-state index in [1.54, 1.807) is 12.1 Å². The molecule has 6 heteroatoms. The molecule has 1 aromatic carbocycles. The predicted molar refractivity (Wildman–Crippen MR) is 86.1 cm³/mol. The summed E-state index contributed by atoms with van der Waals surface area (Å²) in [7, 11) is 0. The zero-order valence-electron chi connectivity index (χ0n) is 11.9. The van der Waals surface area contributed by atoms with E-state index >= 15 is 0 Å². The van der Waals surface area contributed by atoms with Gasteiger partial charge in [-0.3, -0.25) is 5.43 Å². The Morgan fingerprint density at radius 3 is 2.86 bits per heavy atom. The van der Waals surface area contributed by atoms with Crippen molar-refractivity contribution in [1.82, 2.24) is 10.7 Å². The molecule has 1 heterocycles. The fourth-order valence-corrected chi connectivity index (χ4v) is 2.17. The van der Waals surface area contributed by atoms with Gasteiger partial charge in [0.15, 0.2) is 5.11 Å². The highest BCUT2D eigenvalue weighted by atomic mass is 32.1. The molecule has 0 saturated carbocycles. The summed E-state index contributed by atoms with van der Waals surface area (Å²) in [4.78, 5) is 0. The number of rotatable bonds is 4. The van der Waals surface area contributed by atoms with Crippen molar-refractivity contribution in [2.24, 2.45) is 5.10 Å². The third-order valence-corrected chi connectivity index (χ3v) is 3.51. The third kappa shape index (κ3) is 4.81. The first kappa shape index (κ1) is 15.4. The van der Waals surface area contributed by atoms with Crippen LogP contribution in [0.2, 0.25) is 0 Å². The van der Waals surface area contributed by atoms with Crippen LogP contribution in [0.15, 0.2) is 29.4 Å². The molecule has 1 fully saturated rings. The van der Waals surface area contributed by atoms with Gasteiger partial charge in [0.2, 0.25) is 0 Å². The van der Waals surface area contributed by atoms with Crippen LogP contribution in [-0.4, -0.2) is 30.1 Å². The Bertz CT molecular complexity index is 556. The smallest absolute Gasteiger partial charge is 0.187 e. The van der Waals surface area contributed by atoms with Crippen LogP contribution in [0.1, 0.15) is 30.9 Å². The molecule has 0 spiro atoms.